The van der Waals surface area contributed by atoms with Crippen LogP contribution in [0, 0.1) is 0 Å². The number of guanidine groups is 1. The largest absolute Gasteiger partial charge is 0.489 e. The second kappa shape index (κ2) is 7.14. The van der Waals surface area contributed by atoms with Crippen molar-refractivity contribution in [3.63, 3.8) is 0 Å². The third kappa shape index (κ3) is 4.69. The highest BCUT2D eigenvalue weighted by Gasteiger charge is 1.99. The molecule has 0 aliphatic rings. The van der Waals surface area contributed by atoms with Gasteiger partial charge in [-0.25, -0.2) is 0 Å². The Hall–Kier alpha value is -2.76. The van der Waals surface area contributed by atoms with Crippen molar-refractivity contribution < 1.29 is 4.74 Å². The average molecular weight is 278 g/mol. The molecule has 0 aromatic heterocycles. The van der Waals surface area contributed by atoms with Crippen LogP contribution in [0.2, 0.25) is 0 Å². The van der Waals surface area contributed by atoms with Crippen LogP contribution in [0.5, 0.6) is 5.75 Å². The normalized spacial score (nSPS) is 11.0. The zero-order valence-electron chi connectivity index (χ0n) is 11.4. The number of benzene rings is 2. The van der Waals surface area contributed by atoms with Crippen LogP contribution in [-0.2, 0) is 6.61 Å². The molecule has 0 saturated heterocycles. The van der Waals surface area contributed by atoms with Crippen molar-refractivity contribution in [2.24, 2.45) is 21.7 Å². The lowest BCUT2D eigenvalue weighted by Crippen LogP contribution is -2.22. The second-order valence-corrected chi connectivity index (χ2v) is 4.31. The Kier molecular flexibility index (Phi) is 4.98. The van der Waals surface area contributed by atoms with Crippen molar-refractivity contribution in [1.82, 2.24) is 0 Å². The van der Waals surface area contributed by atoms with E-state index in [2.05, 4.69) is 10.2 Å². The van der Waals surface area contributed by atoms with Crippen LogP contribution < -0.4 is 16.2 Å². The highest BCUT2D eigenvalue weighted by molar-refractivity contribution is 6.64. The lowest BCUT2D eigenvalue weighted by Gasteiger charge is -2.07. The second-order valence-electron chi connectivity index (χ2n) is 4.31. The van der Waals surface area contributed by atoms with Gasteiger partial charge in [-0.1, -0.05) is 42.5 Å². The molecule has 0 aliphatic heterocycles. The van der Waals surface area contributed by atoms with Crippen LogP contribution in [0.15, 0.2) is 64.8 Å². The van der Waals surface area contributed by atoms with E-state index in [9.17, 15) is 0 Å². The lowest BCUT2D eigenvalue weighted by atomic mass is 9.93. The zero-order valence-corrected chi connectivity index (χ0v) is 11.4. The molecule has 0 aliphatic carbocycles. The minimum Gasteiger partial charge on any atom is -0.489 e. The first-order valence-corrected chi connectivity index (χ1v) is 6.34. The molecule has 2 aromatic rings. The van der Waals surface area contributed by atoms with Gasteiger partial charge < -0.3 is 16.2 Å². The molecule has 0 fully saturated rings. The standard InChI is InChI=1S/C15H15BN4O/c16-14(19-20-15(17)18)12-6-8-13(9-7-12)21-10-11-4-2-1-3-5-11/h1-9H,10H2,(H4,17,18,20)/b19-14-. The first kappa shape index (κ1) is 14.6. The van der Waals surface area contributed by atoms with Gasteiger partial charge in [0, 0.05) is 5.61 Å². The van der Waals surface area contributed by atoms with Gasteiger partial charge in [0.25, 0.3) is 0 Å². The van der Waals surface area contributed by atoms with E-state index in [1.807, 2.05) is 42.5 Å². The fourth-order valence-corrected chi connectivity index (χ4v) is 1.63. The van der Waals surface area contributed by atoms with Gasteiger partial charge in [0.05, 0.1) is 0 Å². The van der Waals surface area contributed by atoms with E-state index in [1.54, 1.807) is 12.1 Å². The molecule has 4 N–H and O–H groups in total. The van der Waals surface area contributed by atoms with Gasteiger partial charge in [-0.05, 0) is 23.3 Å². The van der Waals surface area contributed by atoms with Gasteiger partial charge in [0.1, 0.15) is 20.2 Å². The summed E-state index contributed by atoms with van der Waals surface area (Å²) in [5.41, 5.74) is 12.4. The Balaban J connectivity index is 1.99. The molecule has 0 unspecified atom stereocenters. The molecule has 0 heterocycles. The minimum absolute atomic E-state index is 0.138. The molecule has 21 heavy (non-hydrogen) atoms. The third-order valence-electron chi connectivity index (χ3n) is 2.67. The molecule has 0 bridgehead atoms. The Morgan fingerprint density at radius 1 is 0.952 bits per heavy atom. The molecular formula is C15H15BN4O. The van der Waals surface area contributed by atoms with Crippen molar-refractivity contribution in [2.45, 2.75) is 6.61 Å². The molecule has 6 heteroatoms. The van der Waals surface area contributed by atoms with Gasteiger partial charge in [-0.2, -0.15) is 5.10 Å². The van der Waals surface area contributed by atoms with E-state index in [0.29, 0.717) is 12.2 Å². The van der Waals surface area contributed by atoms with Gasteiger partial charge in [-0.15, -0.1) is 5.10 Å². The van der Waals surface area contributed by atoms with Gasteiger partial charge in [0.15, 0.2) is 0 Å². The third-order valence-corrected chi connectivity index (χ3v) is 2.67. The maximum Gasteiger partial charge on any atom is 0.211 e. The summed E-state index contributed by atoms with van der Waals surface area (Å²) in [7, 11) is 5.75. The summed E-state index contributed by atoms with van der Waals surface area (Å²) >= 11 is 0. The van der Waals surface area contributed by atoms with E-state index in [1.165, 1.54) is 0 Å². The Morgan fingerprint density at radius 2 is 1.62 bits per heavy atom. The predicted molar refractivity (Wildman–Crippen MR) is 85.3 cm³/mol. The molecule has 0 saturated carbocycles. The number of nitrogens with zero attached hydrogens (tertiary/aromatic N) is 2. The molecule has 0 amide bonds. The van der Waals surface area contributed by atoms with Crippen molar-refractivity contribution in [1.29, 1.82) is 0 Å². The van der Waals surface area contributed by atoms with Crippen LogP contribution in [0.3, 0.4) is 0 Å². The van der Waals surface area contributed by atoms with E-state index < -0.39 is 0 Å². The average Bonchev–Trinajstić information content (AvgIpc) is 2.52. The quantitative estimate of drug-likeness (QED) is 0.375. The molecular weight excluding hydrogens is 263 g/mol. The summed E-state index contributed by atoms with van der Waals surface area (Å²) in [4.78, 5) is 0. The topological polar surface area (TPSA) is 86.0 Å². The van der Waals surface area contributed by atoms with E-state index in [0.717, 1.165) is 11.3 Å². The van der Waals surface area contributed by atoms with Gasteiger partial charge in [-0.3, -0.25) is 0 Å². The van der Waals surface area contributed by atoms with Crippen molar-refractivity contribution in [3.8, 4) is 5.75 Å². The molecule has 2 rings (SSSR count). The van der Waals surface area contributed by atoms with Crippen molar-refractivity contribution in [2.75, 3.05) is 0 Å². The maximum atomic E-state index is 5.75. The van der Waals surface area contributed by atoms with Crippen LogP contribution in [0.1, 0.15) is 11.1 Å². The van der Waals surface area contributed by atoms with Crippen molar-refractivity contribution in [3.05, 3.63) is 65.7 Å². The summed E-state index contributed by atoms with van der Waals surface area (Å²) in [5, 5.41) is 7.21. The summed E-state index contributed by atoms with van der Waals surface area (Å²) in [6, 6.07) is 17.2. The number of ether oxygens (including phenoxy) is 1. The number of nitrogens with two attached hydrogens (primary N) is 2. The highest BCUT2D eigenvalue weighted by atomic mass is 16.5. The number of rotatable bonds is 5. The van der Waals surface area contributed by atoms with Crippen LogP contribution >= 0.6 is 0 Å². The Morgan fingerprint density at radius 3 is 2.24 bits per heavy atom. The first-order valence-electron chi connectivity index (χ1n) is 6.34. The fraction of sp³-hybridized carbons (Fsp3) is 0.0667. The summed E-state index contributed by atoms with van der Waals surface area (Å²) in [6.45, 7) is 0.512. The summed E-state index contributed by atoms with van der Waals surface area (Å²) < 4.78 is 5.68. The van der Waals surface area contributed by atoms with Crippen LogP contribution in [0.25, 0.3) is 0 Å². The molecule has 104 valence electrons. The number of hydrogen-bond acceptors (Lipinski definition) is 3. The van der Waals surface area contributed by atoms with Crippen LogP contribution in [0.4, 0.5) is 0 Å². The van der Waals surface area contributed by atoms with Gasteiger partial charge >= 0.3 is 0 Å². The minimum atomic E-state index is -0.138. The fourth-order valence-electron chi connectivity index (χ4n) is 1.63. The smallest absolute Gasteiger partial charge is 0.211 e. The maximum absolute atomic E-state index is 5.75. The summed E-state index contributed by atoms with van der Waals surface area (Å²) in [6.07, 6.45) is 0. The predicted octanol–water partition coefficient (Wildman–Crippen LogP) is 1.37. The van der Waals surface area contributed by atoms with E-state index in [-0.39, 0.29) is 11.6 Å². The monoisotopic (exact) mass is 278 g/mol. The zero-order chi connectivity index (χ0) is 15.1. The molecule has 0 atom stereocenters. The molecule has 2 radical (unpaired) electrons. The molecule has 2 aromatic carbocycles. The summed E-state index contributed by atoms with van der Waals surface area (Å²) in [5.74, 6) is 0.609. The van der Waals surface area contributed by atoms with Gasteiger partial charge in [0.2, 0.25) is 5.96 Å². The first-order chi connectivity index (χ1) is 10.1. The van der Waals surface area contributed by atoms with Crippen LogP contribution in [-0.4, -0.2) is 19.4 Å². The molecule has 5 nitrogen and oxygen atoms in total. The Bertz CT molecular complexity index is 634. The highest BCUT2D eigenvalue weighted by Crippen LogP contribution is 2.14. The van der Waals surface area contributed by atoms with E-state index >= 15 is 0 Å². The SMILES string of the molecule is [B]/C(=N\N=C(N)N)c1ccc(OCc2ccccc2)cc1. The molecule has 0 spiro atoms. The number of hydrogen-bond donors (Lipinski definition) is 2. The van der Waals surface area contributed by atoms with E-state index in [4.69, 9.17) is 24.1 Å². The Labute approximate surface area is 124 Å². The van der Waals surface area contributed by atoms with Crippen molar-refractivity contribution >= 4 is 19.4 Å². The lowest BCUT2D eigenvalue weighted by molar-refractivity contribution is 0.306.